The molecule has 1 aromatic carbocycles. The van der Waals surface area contributed by atoms with Crippen LogP contribution in [0.2, 0.25) is 0 Å². The van der Waals surface area contributed by atoms with Gasteiger partial charge in [0, 0.05) is 0 Å². The van der Waals surface area contributed by atoms with Crippen molar-refractivity contribution in [1.82, 2.24) is 0 Å². The molecule has 0 saturated heterocycles. The van der Waals surface area contributed by atoms with Crippen LogP contribution >= 0.6 is 0 Å². The van der Waals surface area contributed by atoms with Crippen LogP contribution in [0.5, 0.6) is 5.75 Å². The number of halogens is 1. The van der Waals surface area contributed by atoms with Gasteiger partial charge in [-0.05, 0) is 28.3 Å². The third-order valence-corrected chi connectivity index (χ3v) is 1.60. The number of hydrogen-bond donors (Lipinski definition) is 1. The van der Waals surface area contributed by atoms with Gasteiger partial charge in [0.25, 0.3) is 0 Å². The summed E-state index contributed by atoms with van der Waals surface area (Å²) in [6, 6.07) is 8.08. The fourth-order valence-electron chi connectivity index (χ4n) is 1.08. The molecule has 0 spiro atoms. The van der Waals surface area contributed by atoms with E-state index in [0.29, 0.717) is 0 Å². The summed E-state index contributed by atoms with van der Waals surface area (Å²) in [5, 5.41) is 0. The Labute approximate surface area is 86.9 Å². The molecule has 0 saturated carbocycles. The summed E-state index contributed by atoms with van der Waals surface area (Å²) in [6.07, 6.45) is 4.75. The molecule has 0 radical (unpaired) electrons. The number of para-hydroxylation sites is 1. The molecule has 0 amide bonds. The van der Waals surface area contributed by atoms with Gasteiger partial charge >= 0.3 is 14.8 Å². The lowest BCUT2D eigenvalue weighted by atomic mass is 10.1. The summed E-state index contributed by atoms with van der Waals surface area (Å²) in [4.78, 5) is 0. The van der Waals surface area contributed by atoms with Crippen LogP contribution in [0, 0.1) is 14.8 Å². The second kappa shape index (κ2) is 5.77. The number of rotatable bonds is 0. The highest BCUT2D eigenvalue weighted by atomic mass is 80.0. The Kier molecular flexibility index (Phi) is 4.61. The first-order valence-corrected chi connectivity index (χ1v) is 5.84. The second-order valence-corrected chi connectivity index (χ2v) is 3.35. The van der Waals surface area contributed by atoms with Crippen molar-refractivity contribution < 1.29 is 32.1 Å². The fourth-order valence-corrected chi connectivity index (χ4v) is 1.08. The predicted molar refractivity (Wildman–Crippen MR) is 42.1 cm³/mol. The molecule has 1 aliphatic rings. The predicted octanol–water partition coefficient (Wildman–Crippen LogP) is -0.800. The average Bonchev–Trinajstić information content (AvgIpc) is 2.17. The quantitative estimate of drug-likeness (QED) is 0.663. The summed E-state index contributed by atoms with van der Waals surface area (Å²) in [5.41, 5.74) is 1.27. The van der Waals surface area contributed by atoms with Crippen LogP contribution in [-0.2, 0) is 6.42 Å². The molecule has 0 atom stereocenters. The number of hydrogen-bond acceptors (Lipinski definition) is 4. The van der Waals surface area contributed by atoms with Gasteiger partial charge in [-0.2, -0.15) is 0 Å². The molecule has 1 aromatic rings. The van der Waals surface area contributed by atoms with Crippen molar-refractivity contribution in [2.75, 3.05) is 0 Å². The van der Waals surface area contributed by atoms with Crippen molar-refractivity contribution in [3.8, 4) is 5.75 Å². The molecular weight excluding hydrogens is 252 g/mol. The van der Waals surface area contributed by atoms with Crippen molar-refractivity contribution in [1.29, 1.82) is 0 Å². The Morgan fingerprint density at radius 3 is 2.57 bits per heavy atom. The normalized spacial score (nSPS) is 12.6. The standard InChI is InChI=1S/C9H8O.BrHO3/c1-2-6-9-8(4-1)5-3-7-10-9;2-1(3)4/h1-4,6-7H,5H2;2H. The highest BCUT2D eigenvalue weighted by Gasteiger charge is 2.02. The lowest BCUT2D eigenvalue weighted by Gasteiger charge is -2.09. The van der Waals surface area contributed by atoms with Crippen molar-refractivity contribution in [3.05, 3.63) is 42.2 Å². The minimum atomic E-state index is -3.40. The summed E-state index contributed by atoms with van der Waals surface area (Å²) in [5.74, 6) is 0.991. The Morgan fingerprint density at radius 2 is 1.93 bits per heavy atom. The van der Waals surface area contributed by atoms with Gasteiger partial charge in [0.05, 0.1) is 6.26 Å². The lowest BCUT2D eigenvalue weighted by Crippen LogP contribution is -2.30. The van der Waals surface area contributed by atoms with Crippen molar-refractivity contribution in [3.63, 3.8) is 0 Å². The zero-order valence-corrected chi connectivity index (χ0v) is 8.81. The third kappa shape index (κ3) is 3.89. The number of allylic oxidation sites excluding steroid dienone is 1. The van der Waals surface area contributed by atoms with Crippen LogP contribution in [0.4, 0.5) is 0 Å². The molecule has 1 N–H and O–H groups in total. The molecule has 1 heterocycles. The van der Waals surface area contributed by atoms with Crippen LogP contribution in [0.1, 0.15) is 5.56 Å². The molecule has 0 fully saturated rings. The smallest absolute Gasteiger partial charge is 0.433 e. The Balaban J connectivity index is 0.000000213. The van der Waals surface area contributed by atoms with E-state index in [1.54, 1.807) is 6.26 Å². The van der Waals surface area contributed by atoms with Gasteiger partial charge < -0.3 is 13.1 Å². The molecule has 2 rings (SSSR count). The molecule has 5 heteroatoms. The SMILES string of the molecule is C1=COc2ccccc2C1.[O-][Br+2]([O-])O. The summed E-state index contributed by atoms with van der Waals surface area (Å²) < 4.78 is 29.6. The average molecular weight is 261 g/mol. The fraction of sp³-hybridized carbons (Fsp3) is 0.111. The van der Waals surface area contributed by atoms with Crippen LogP contribution in [0.15, 0.2) is 36.6 Å². The van der Waals surface area contributed by atoms with E-state index < -0.39 is 14.8 Å². The van der Waals surface area contributed by atoms with Gasteiger partial charge in [-0.1, -0.05) is 18.2 Å². The van der Waals surface area contributed by atoms with E-state index in [0.717, 1.165) is 12.2 Å². The zero-order valence-electron chi connectivity index (χ0n) is 7.22. The number of benzene rings is 1. The van der Waals surface area contributed by atoms with Gasteiger partial charge in [0.15, 0.2) is 0 Å². The van der Waals surface area contributed by atoms with E-state index in [2.05, 4.69) is 6.07 Å². The Hall–Kier alpha value is -0.880. The van der Waals surface area contributed by atoms with E-state index in [9.17, 15) is 0 Å². The van der Waals surface area contributed by atoms with Gasteiger partial charge in [-0.25, -0.2) is 0 Å². The van der Waals surface area contributed by atoms with Crippen molar-refractivity contribution >= 4 is 0 Å². The lowest BCUT2D eigenvalue weighted by molar-refractivity contribution is -1.63. The van der Waals surface area contributed by atoms with Crippen LogP contribution in [0.25, 0.3) is 0 Å². The first-order chi connectivity index (χ1) is 6.70. The molecule has 0 aromatic heterocycles. The van der Waals surface area contributed by atoms with E-state index >= 15 is 0 Å². The van der Waals surface area contributed by atoms with Gasteiger partial charge in [-0.15, -0.1) is 0 Å². The minimum absolute atomic E-state index is 0.991. The Morgan fingerprint density at radius 1 is 1.29 bits per heavy atom. The maximum Gasteiger partial charge on any atom is 0.433 e. The molecular formula is C9H9BrO4. The summed E-state index contributed by atoms with van der Waals surface area (Å²) in [6.45, 7) is 0. The minimum Gasteiger partial charge on any atom is -0.465 e. The maximum absolute atomic E-state index is 8.63. The van der Waals surface area contributed by atoms with E-state index in [1.165, 1.54) is 5.56 Å². The monoisotopic (exact) mass is 260 g/mol. The second-order valence-electron chi connectivity index (χ2n) is 2.50. The first kappa shape index (κ1) is 11.2. The molecule has 1 aliphatic heterocycles. The van der Waals surface area contributed by atoms with E-state index in [-0.39, 0.29) is 0 Å². The van der Waals surface area contributed by atoms with Gasteiger partial charge in [0.1, 0.15) is 5.75 Å². The van der Waals surface area contributed by atoms with Crippen LogP contribution < -0.4 is 13.1 Å². The summed E-state index contributed by atoms with van der Waals surface area (Å²) >= 11 is -3.40. The zero-order chi connectivity index (χ0) is 10.4. The van der Waals surface area contributed by atoms with Crippen molar-refractivity contribution in [2.24, 2.45) is 0 Å². The molecule has 0 bridgehead atoms. The van der Waals surface area contributed by atoms with Crippen LogP contribution in [-0.4, -0.2) is 4.20 Å². The van der Waals surface area contributed by atoms with Gasteiger partial charge in [-0.3, -0.25) is 0 Å². The first-order valence-electron chi connectivity index (χ1n) is 3.84. The molecule has 14 heavy (non-hydrogen) atoms. The highest BCUT2D eigenvalue weighted by molar-refractivity contribution is 5.36. The van der Waals surface area contributed by atoms with Gasteiger partial charge in [0.2, 0.25) is 0 Å². The molecule has 4 nitrogen and oxygen atoms in total. The third-order valence-electron chi connectivity index (χ3n) is 1.60. The van der Waals surface area contributed by atoms with Crippen LogP contribution in [0.3, 0.4) is 0 Å². The van der Waals surface area contributed by atoms with E-state index in [1.807, 2.05) is 24.3 Å². The van der Waals surface area contributed by atoms with E-state index in [4.69, 9.17) is 17.3 Å². The molecule has 0 unspecified atom stereocenters. The maximum atomic E-state index is 8.63. The summed E-state index contributed by atoms with van der Waals surface area (Å²) in [7, 11) is 0. The number of ether oxygens (including phenoxy) is 1. The highest BCUT2D eigenvalue weighted by Crippen LogP contribution is 2.21. The Bertz CT molecular complexity index is 282. The number of fused-ring (bicyclic) bond motifs is 1. The largest absolute Gasteiger partial charge is 0.465 e. The van der Waals surface area contributed by atoms with Crippen molar-refractivity contribution in [2.45, 2.75) is 6.42 Å². The topological polar surface area (TPSA) is 75.6 Å². The molecule has 76 valence electrons. The molecule has 0 aliphatic carbocycles.